The lowest BCUT2D eigenvalue weighted by molar-refractivity contribution is 0.481. The Morgan fingerprint density at radius 2 is 1.94 bits per heavy atom. The molecule has 0 aromatic heterocycles. The first-order valence-corrected chi connectivity index (χ1v) is 6.47. The van der Waals surface area contributed by atoms with E-state index in [2.05, 4.69) is 5.32 Å². The van der Waals surface area contributed by atoms with Crippen LogP contribution in [-0.4, -0.2) is 24.0 Å². The van der Waals surface area contributed by atoms with E-state index in [1.807, 2.05) is 0 Å². The highest BCUT2D eigenvalue weighted by Gasteiger charge is 2.05. The molecule has 3 N–H and O–H groups in total. The third kappa shape index (κ3) is 2.86. The highest BCUT2D eigenvalue weighted by Crippen LogP contribution is 2.26. The normalized spacial score (nSPS) is 11.6. The number of anilines is 1. The molecular weight excluding hydrogens is 242 g/mol. The molecular formula is C11H11NO4S. The van der Waals surface area contributed by atoms with Crippen molar-refractivity contribution in [1.29, 1.82) is 0 Å². The lowest BCUT2D eigenvalue weighted by atomic mass is 10.1. The second kappa shape index (κ2) is 4.23. The minimum atomic E-state index is -4.04. The molecule has 0 amide bonds. The van der Waals surface area contributed by atoms with E-state index in [9.17, 15) is 13.5 Å². The Bertz CT molecular complexity index is 652. The van der Waals surface area contributed by atoms with Crippen molar-refractivity contribution >= 4 is 26.6 Å². The molecule has 0 aliphatic carbocycles. The van der Waals surface area contributed by atoms with E-state index in [0.29, 0.717) is 11.1 Å². The maximum Gasteiger partial charge on any atom is 0.283 e. The van der Waals surface area contributed by atoms with Crippen LogP contribution in [0.4, 0.5) is 5.69 Å². The monoisotopic (exact) mass is 253 g/mol. The summed E-state index contributed by atoms with van der Waals surface area (Å²) in [5, 5.41) is 13.6. The van der Waals surface area contributed by atoms with E-state index in [-0.39, 0.29) is 5.75 Å². The van der Waals surface area contributed by atoms with E-state index in [1.165, 1.54) is 0 Å². The SMILES string of the molecule is O=S(=O)(O)CNc1ccc2c(O)cccc2c1. The molecule has 17 heavy (non-hydrogen) atoms. The van der Waals surface area contributed by atoms with Crippen LogP contribution in [0.2, 0.25) is 0 Å². The maximum absolute atomic E-state index is 10.6. The minimum Gasteiger partial charge on any atom is -0.507 e. The first-order chi connectivity index (χ1) is 7.96. The van der Waals surface area contributed by atoms with Gasteiger partial charge in [-0.2, -0.15) is 8.42 Å². The van der Waals surface area contributed by atoms with Crippen molar-refractivity contribution in [2.45, 2.75) is 0 Å². The van der Waals surface area contributed by atoms with Gasteiger partial charge in [0.1, 0.15) is 11.6 Å². The van der Waals surface area contributed by atoms with Gasteiger partial charge >= 0.3 is 0 Å². The van der Waals surface area contributed by atoms with Gasteiger partial charge in [-0.1, -0.05) is 12.1 Å². The predicted octanol–water partition coefficient (Wildman–Crippen LogP) is 1.80. The average Bonchev–Trinajstić information content (AvgIpc) is 2.26. The Balaban J connectivity index is 2.32. The molecule has 0 unspecified atom stereocenters. The van der Waals surface area contributed by atoms with Gasteiger partial charge in [0.15, 0.2) is 0 Å². The number of rotatable bonds is 3. The molecule has 0 spiro atoms. The zero-order chi connectivity index (χ0) is 12.5. The number of aromatic hydroxyl groups is 1. The van der Waals surface area contributed by atoms with Crippen LogP contribution in [0.25, 0.3) is 10.8 Å². The standard InChI is InChI=1S/C11H11NO4S/c13-11-3-1-2-8-6-9(4-5-10(8)11)12-7-17(14,15)16/h1-6,12-13H,7H2,(H,14,15,16). The molecule has 0 heterocycles. The molecule has 2 rings (SSSR count). The number of hydrogen-bond acceptors (Lipinski definition) is 4. The Hall–Kier alpha value is -1.79. The Labute approximate surface area is 98.5 Å². The largest absolute Gasteiger partial charge is 0.507 e. The van der Waals surface area contributed by atoms with Crippen LogP contribution in [0.5, 0.6) is 5.75 Å². The first kappa shape index (κ1) is 11.7. The lowest BCUT2D eigenvalue weighted by Gasteiger charge is -2.06. The summed E-state index contributed by atoms with van der Waals surface area (Å²) in [7, 11) is -4.04. The molecule has 0 bridgehead atoms. The van der Waals surface area contributed by atoms with Crippen molar-refractivity contribution < 1.29 is 18.1 Å². The van der Waals surface area contributed by atoms with Crippen LogP contribution in [-0.2, 0) is 10.1 Å². The molecule has 0 atom stereocenters. The van der Waals surface area contributed by atoms with Gasteiger partial charge in [0.2, 0.25) is 0 Å². The summed E-state index contributed by atoms with van der Waals surface area (Å²) in [6.45, 7) is 0. The fourth-order valence-electron chi connectivity index (χ4n) is 1.55. The third-order valence-corrected chi connectivity index (χ3v) is 2.83. The van der Waals surface area contributed by atoms with E-state index >= 15 is 0 Å². The van der Waals surface area contributed by atoms with E-state index in [4.69, 9.17) is 4.55 Å². The quantitative estimate of drug-likeness (QED) is 0.726. The van der Waals surface area contributed by atoms with Crippen LogP contribution in [0.3, 0.4) is 0 Å². The zero-order valence-electron chi connectivity index (χ0n) is 8.79. The van der Waals surface area contributed by atoms with Crippen LogP contribution in [0, 0.1) is 0 Å². The molecule has 90 valence electrons. The number of phenolic OH excluding ortho intramolecular Hbond substituents is 1. The van der Waals surface area contributed by atoms with Gasteiger partial charge in [0.05, 0.1) is 0 Å². The van der Waals surface area contributed by atoms with Crippen molar-refractivity contribution in [2.24, 2.45) is 0 Å². The Morgan fingerprint density at radius 3 is 2.65 bits per heavy atom. The molecule has 2 aromatic rings. The molecule has 0 saturated carbocycles. The molecule has 0 saturated heterocycles. The van der Waals surface area contributed by atoms with Gasteiger partial charge in [0.25, 0.3) is 10.1 Å². The van der Waals surface area contributed by atoms with E-state index in [1.54, 1.807) is 36.4 Å². The lowest BCUT2D eigenvalue weighted by Crippen LogP contribution is -2.12. The molecule has 2 aromatic carbocycles. The highest BCUT2D eigenvalue weighted by molar-refractivity contribution is 7.85. The number of benzene rings is 2. The molecule has 6 heteroatoms. The summed E-state index contributed by atoms with van der Waals surface area (Å²) in [5.41, 5.74) is 0.556. The van der Waals surface area contributed by atoms with Gasteiger partial charge in [-0.05, 0) is 29.7 Å². The highest BCUT2D eigenvalue weighted by atomic mass is 32.2. The van der Waals surface area contributed by atoms with Crippen LogP contribution in [0.1, 0.15) is 0 Å². The van der Waals surface area contributed by atoms with Gasteiger partial charge in [-0.25, -0.2) is 0 Å². The van der Waals surface area contributed by atoms with Crippen molar-refractivity contribution in [3.05, 3.63) is 36.4 Å². The first-order valence-electron chi connectivity index (χ1n) is 4.86. The predicted molar refractivity (Wildman–Crippen MR) is 65.7 cm³/mol. The van der Waals surface area contributed by atoms with Crippen molar-refractivity contribution in [3.63, 3.8) is 0 Å². The topological polar surface area (TPSA) is 86.6 Å². The molecule has 0 radical (unpaired) electrons. The summed E-state index contributed by atoms with van der Waals surface area (Å²) < 4.78 is 29.8. The smallest absolute Gasteiger partial charge is 0.283 e. The second-order valence-corrected chi connectivity index (χ2v) is 5.07. The Morgan fingerprint density at radius 1 is 1.18 bits per heavy atom. The molecule has 0 aliphatic heterocycles. The number of nitrogens with one attached hydrogen (secondary N) is 1. The molecule has 0 aliphatic rings. The average molecular weight is 253 g/mol. The van der Waals surface area contributed by atoms with E-state index < -0.39 is 16.0 Å². The third-order valence-electron chi connectivity index (χ3n) is 2.32. The summed E-state index contributed by atoms with van der Waals surface area (Å²) in [5.74, 6) is -0.374. The van der Waals surface area contributed by atoms with Crippen LogP contribution in [0.15, 0.2) is 36.4 Å². The summed E-state index contributed by atoms with van der Waals surface area (Å²) >= 11 is 0. The van der Waals surface area contributed by atoms with Gasteiger partial charge in [0, 0.05) is 11.1 Å². The van der Waals surface area contributed by atoms with Gasteiger partial charge in [-0.3, -0.25) is 4.55 Å². The van der Waals surface area contributed by atoms with Crippen molar-refractivity contribution in [2.75, 3.05) is 11.2 Å². The molecule has 0 fully saturated rings. The molecule has 5 nitrogen and oxygen atoms in total. The van der Waals surface area contributed by atoms with E-state index in [0.717, 1.165) is 5.39 Å². The fraction of sp³-hybridized carbons (Fsp3) is 0.0909. The summed E-state index contributed by atoms with van der Waals surface area (Å²) in [4.78, 5) is 0. The number of hydrogen-bond donors (Lipinski definition) is 3. The maximum atomic E-state index is 10.6. The zero-order valence-corrected chi connectivity index (χ0v) is 9.61. The van der Waals surface area contributed by atoms with Gasteiger partial charge in [-0.15, -0.1) is 0 Å². The fourth-order valence-corrected chi connectivity index (χ4v) is 1.90. The second-order valence-electron chi connectivity index (χ2n) is 3.62. The van der Waals surface area contributed by atoms with Crippen molar-refractivity contribution in [1.82, 2.24) is 0 Å². The summed E-state index contributed by atoms with van der Waals surface area (Å²) in [6, 6.07) is 10.1. The minimum absolute atomic E-state index is 0.170. The van der Waals surface area contributed by atoms with Crippen LogP contribution >= 0.6 is 0 Å². The van der Waals surface area contributed by atoms with Crippen molar-refractivity contribution in [3.8, 4) is 5.75 Å². The Kier molecular flexibility index (Phi) is 2.91. The number of fused-ring (bicyclic) bond motifs is 1. The van der Waals surface area contributed by atoms with Crippen LogP contribution < -0.4 is 5.32 Å². The summed E-state index contributed by atoms with van der Waals surface area (Å²) in [6.07, 6.45) is 0. The number of phenols is 1. The van der Waals surface area contributed by atoms with Gasteiger partial charge < -0.3 is 10.4 Å².